The van der Waals surface area contributed by atoms with Crippen LogP contribution in [0.3, 0.4) is 0 Å². The summed E-state index contributed by atoms with van der Waals surface area (Å²) in [6.45, 7) is 3.18. The summed E-state index contributed by atoms with van der Waals surface area (Å²) in [4.78, 5) is 35.6. The predicted octanol–water partition coefficient (Wildman–Crippen LogP) is 1.17. The number of amides is 2. The van der Waals surface area contributed by atoms with Crippen molar-refractivity contribution in [3.63, 3.8) is 0 Å². The summed E-state index contributed by atoms with van der Waals surface area (Å²) in [6.07, 6.45) is 1.78. The lowest BCUT2D eigenvalue weighted by atomic mass is 9.98. The van der Waals surface area contributed by atoms with E-state index >= 15 is 0 Å². The molecule has 1 aliphatic carbocycles. The topological polar surface area (TPSA) is 118 Å². The fourth-order valence-corrected chi connectivity index (χ4v) is 2.53. The maximum absolute atomic E-state index is 12.0. The smallest absolute Gasteiger partial charge is 0.325 e. The van der Waals surface area contributed by atoms with Crippen LogP contribution in [0.4, 0.5) is 0 Å². The van der Waals surface area contributed by atoms with Crippen molar-refractivity contribution in [2.75, 3.05) is 19.8 Å². The Kier molecular flexibility index (Phi) is 6.77. The molecule has 1 aromatic rings. The SMILES string of the molecule is CCOc1ccc(C(=O)NCC(=O)OCC(=O)N[C@](C)(C#N)C2CC2)cc1. The van der Waals surface area contributed by atoms with Crippen LogP contribution in [0.15, 0.2) is 24.3 Å². The Bertz CT molecular complexity index is 737. The molecule has 2 N–H and O–H groups in total. The van der Waals surface area contributed by atoms with Gasteiger partial charge in [0, 0.05) is 5.56 Å². The van der Waals surface area contributed by atoms with E-state index in [0.29, 0.717) is 17.9 Å². The number of rotatable bonds is 9. The third-order valence-corrected chi connectivity index (χ3v) is 4.21. The number of esters is 1. The molecule has 1 aromatic carbocycles. The van der Waals surface area contributed by atoms with Crippen molar-refractivity contribution < 1.29 is 23.9 Å². The van der Waals surface area contributed by atoms with Crippen LogP contribution < -0.4 is 15.4 Å². The van der Waals surface area contributed by atoms with Crippen molar-refractivity contribution in [3.8, 4) is 11.8 Å². The van der Waals surface area contributed by atoms with Crippen LogP contribution in [0.1, 0.15) is 37.0 Å². The van der Waals surface area contributed by atoms with Crippen LogP contribution in [0, 0.1) is 17.2 Å². The van der Waals surface area contributed by atoms with E-state index in [2.05, 4.69) is 16.7 Å². The number of carbonyl (C=O) groups is 3. The van der Waals surface area contributed by atoms with E-state index in [9.17, 15) is 19.6 Å². The standard InChI is InChI=1S/C19H23N3O5/c1-3-26-15-8-4-13(5-9-15)18(25)21-10-17(24)27-11-16(23)22-19(2,12-20)14-6-7-14/h4-5,8-9,14H,3,6-7,10-11H2,1-2H3,(H,21,25)(H,22,23)/t19-/m1/s1. The fourth-order valence-electron chi connectivity index (χ4n) is 2.53. The predicted molar refractivity (Wildman–Crippen MR) is 95.8 cm³/mol. The molecule has 144 valence electrons. The van der Waals surface area contributed by atoms with Gasteiger partial charge in [-0.2, -0.15) is 5.26 Å². The zero-order chi connectivity index (χ0) is 19.9. The molecule has 0 aliphatic heterocycles. The molecule has 1 aliphatic rings. The molecular formula is C19H23N3O5. The Morgan fingerprint density at radius 3 is 2.48 bits per heavy atom. The van der Waals surface area contributed by atoms with Crippen LogP contribution in [0.25, 0.3) is 0 Å². The molecule has 8 nitrogen and oxygen atoms in total. The lowest BCUT2D eigenvalue weighted by Crippen LogP contribution is -2.48. The molecule has 2 rings (SSSR count). The van der Waals surface area contributed by atoms with Crippen molar-refractivity contribution in [2.24, 2.45) is 5.92 Å². The van der Waals surface area contributed by atoms with E-state index in [1.807, 2.05) is 6.92 Å². The first kappa shape index (κ1) is 20.2. The molecule has 0 aromatic heterocycles. The van der Waals surface area contributed by atoms with E-state index in [4.69, 9.17) is 9.47 Å². The average Bonchev–Trinajstić information content (AvgIpc) is 3.51. The number of nitrogens with one attached hydrogen (secondary N) is 2. The molecule has 1 fully saturated rings. The van der Waals surface area contributed by atoms with Gasteiger partial charge in [-0.15, -0.1) is 0 Å². The first-order valence-electron chi connectivity index (χ1n) is 8.77. The Labute approximate surface area is 157 Å². The van der Waals surface area contributed by atoms with Gasteiger partial charge in [0.2, 0.25) is 0 Å². The van der Waals surface area contributed by atoms with Crippen LogP contribution in [0.2, 0.25) is 0 Å². The molecule has 0 radical (unpaired) electrons. The minimum atomic E-state index is -0.939. The van der Waals surface area contributed by atoms with Crippen molar-refractivity contribution in [3.05, 3.63) is 29.8 Å². The van der Waals surface area contributed by atoms with Gasteiger partial charge in [-0.25, -0.2) is 0 Å². The summed E-state index contributed by atoms with van der Waals surface area (Å²) < 4.78 is 10.1. The van der Waals surface area contributed by atoms with E-state index in [1.165, 1.54) is 0 Å². The normalized spacial score (nSPS) is 15.0. The largest absolute Gasteiger partial charge is 0.494 e. The fraction of sp³-hybridized carbons (Fsp3) is 0.474. The lowest BCUT2D eigenvalue weighted by Gasteiger charge is -2.22. The molecule has 0 saturated heterocycles. The Hall–Kier alpha value is -3.08. The molecule has 0 heterocycles. The van der Waals surface area contributed by atoms with Crippen LogP contribution in [-0.4, -0.2) is 43.1 Å². The lowest BCUT2D eigenvalue weighted by molar-refractivity contribution is -0.147. The van der Waals surface area contributed by atoms with Crippen LogP contribution in [-0.2, 0) is 14.3 Å². The Morgan fingerprint density at radius 1 is 1.26 bits per heavy atom. The van der Waals surface area contributed by atoms with Gasteiger partial charge < -0.3 is 20.1 Å². The van der Waals surface area contributed by atoms with Crippen molar-refractivity contribution in [1.29, 1.82) is 5.26 Å². The molecule has 2 amide bonds. The van der Waals surface area contributed by atoms with Gasteiger partial charge in [-0.05, 0) is 56.9 Å². The number of nitrogens with zero attached hydrogens (tertiary/aromatic N) is 1. The summed E-state index contributed by atoms with van der Waals surface area (Å²) in [7, 11) is 0. The van der Waals surface area contributed by atoms with Gasteiger partial charge in [0.15, 0.2) is 6.61 Å². The van der Waals surface area contributed by atoms with E-state index in [1.54, 1.807) is 31.2 Å². The second-order valence-electron chi connectivity index (χ2n) is 6.44. The molecule has 1 atom stereocenters. The molecule has 0 spiro atoms. The second-order valence-corrected chi connectivity index (χ2v) is 6.44. The number of hydrogen-bond acceptors (Lipinski definition) is 6. The molecular weight excluding hydrogens is 350 g/mol. The van der Waals surface area contributed by atoms with Crippen molar-refractivity contribution in [1.82, 2.24) is 10.6 Å². The second kappa shape index (κ2) is 9.03. The van der Waals surface area contributed by atoms with Gasteiger partial charge in [0.05, 0.1) is 12.7 Å². The number of carbonyl (C=O) groups excluding carboxylic acids is 3. The first-order chi connectivity index (χ1) is 12.9. The summed E-state index contributed by atoms with van der Waals surface area (Å²) in [5, 5.41) is 14.2. The van der Waals surface area contributed by atoms with Gasteiger partial charge >= 0.3 is 5.97 Å². The minimum Gasteiger partial charge on any atom is -0.494 e. The number of nitriles is 1. The maximum atomic E-state index is 12.0. The molecule has 27 heavy (non-hydrogen) atoms. The third kappa shape index (κ3) is 5.99. The van der Waals surface area contributed by atoms with Gasteiger partial charge in [0.1, 0.15) is 17.8 Å². The Morgan fingerprint density at radius 2 is 1.93 bits per heavy atom. The third-order valence-electron chi connectivity index (χ3n) is 4.21. The highest BCUT2D eigenvalue weighted by molar-refractivity contribution is 5.96. The van der Waals surface area contributed by atoms with Crippen LogP contribution >= 0.6 is 0 Å². The highest BCUT2D eigenvalue weighted by Crippen LogP contribution is 2.39. The van der Waals surface area contributed by atoms with E-state index < -0.39 is 29.9 Å². The quantitative estimate of drug-likeness (QED) is 0.628. The number of benzene rings is 1. The first-order valence-corrected chi connectivity index (χ1v) is 8.77. The molecule has 8 heteroatoms. The number of hydrogen-bond donors (Lipinski definition) is 2. The summed E-state index contributed by atoms with van der Waals surface area (Å²) in [5.41, 5.74) is -0.566. The summed E-state index contributed by atoms with van der Waals surface area (Å²) in [6, 6.07) is 8.58. The van der Waals surface area contributed by atoms with Gasteiger partial charge in [-0.3, -0.25) is 14.4 Å². The summed E-state index contributed by atoms with van der Waals surface area (Å²) >= 11 is 0. The zero-order valence-corrected chi connectivity index (χ0v) is 15.4. The minimum absolute atomic E-state index is 0.135. The Balaban J connectivity index is 1.71. The van der Waals surface area contributed by atoms with E-state index in [0.717, 1.165) is 12.8 Å². The maximum Gasteiger partial charge on any atom is 0.325 e. The monoisotopic (exact) mass is 373 g/mol. The molecule has 0 unspecified atom stereocenters. The van der Waals surface area contributed by atoms with Crippen molar-refractivity contribution in [2.45, 2.75) is 32.2 Å². The van der Waals surface area contributed by atoms with E-state index in [-0.39, 0.29) is 12.5 Å². The summed E-state index contributed by atoms with van der Waals surface area (Å²) in [5.74, 6) is -0.942. The molecule has 0 bridgehead atoms. The highest BCUT2D eigenvalue weighted by Gasteiger charge is 2.43. The van der Waals surface area contributed by atoms with Crippen molar-refractivity contribution >= 4 is 17.8 Å². The average molecular weight is 373 g/mol. The number of ether oxygens (including phenoxy) is 2. The molecule has 1 saturated carbocycles. The highest BCUT2D eigenvalue weighted by atomic mass is 16.5. The zero-order valence-electron chi connectivity index (χ0n) is 15.4. The van der Waals surface area contributed by atoms with Gasteiger partial charge in [0.25, 0.3) is 11.8 Å². The van der Waals surface area contributed by atoms with Crippen LogP contribution in [0.5, 0.6) is 5.75 Å². The van der Waals surface area contributed by atoms with Gasteiger partial charge in [-0.1, -0.05) is 0 Å².